The van der Waals surface area contributed by atoms with E-state index < -0.39 is 0 Å². The van der Waals surface area contributed by atoms with Gasteiger partial charge in [-0.25, -0.2) is 4.68 Å². The molecule has 1 heterocycles. The van der Waals surface area contributed by atoms with Gasteiger partial charge in [-0.05, 0) is 49.2 Å². The number of phenols is 1. The number of nitrogens with zero attached hydrogens (tertiary/aromatic N) is 3. The Hall–Kier alpha value is -3.93. The van der Waals surface area contributed by atoms with E-state index in [-0.39, 0.29) is 23.8 Å². The monoisotopic (exact) mass is 427 g/mol. The van der Waals surface area contributed by atoms with Gasteiger partial charge in [-0.15, -0.1) is 0 Å². The lowest BCUT2D eigenvalue weighted by atomic mass is 10.0. The van der Waals surface area contributed by atoms with E-state index in [0.29, 0.717) is 28.6 Å². The molecule has 0 fully saturated rings. The summed E-state index contributed by atoms with van der Waals surface area (Å²) < 4.78 is 1.22. The molecule has 1 aromatic heterocycles. The lowest BCUT2D eigenvalue weighted by Gasteiger charge is -2.22. The van der Waals surface area contributed by atoms with E-state index in [0.717, 1.165) is 12.1 Å². The zero-order valence-electron chi connectivity index (χ0n) is 18.2. The van der Waals surface area contributed by atoms with Gasteiger partial charge in [0.1, 0.15) is 12.3 Å². The summed E-state index contributed by atoms with van der Waals surface area (Å²) in [5.74, 6) is -0.113. The van der Waals surface area contributed by atoms with Gasteiger partial charge in [0.15, 0.2) is 0 Å². The number of anilines is 1. The second-order valence-corrected chi connectivity index (χ2v) is 7.57. The summed E-state index contributed by atoms with van der Waals surface area (Å²) in [7, 11) is 0. The molecule has 4 aromatic rings. The second-order valence-electron chi connectivity index (χ2n) is 7.57. The van der Waals surface area contributed by atoms with Crippen LogP contribution in [0.4, 0.5) is 5.69 Å². The number of likely N-dealkylation sites (N-methyl/N-ethyl adjacent to an activating group) is 1. The third-order valence-electron chi connectivity index (χ3n) is 5.55. The number of benzene rings is 3. The maximum absolute atomic E-state index is 13.2. The first-order valence-corrected chi connectivity index (χ1v) is 10.7. The minimum absolute atomic E-state index is 0.106. The maximum Gasteiger partial charge on any atom is 0.275 e. The van der Waals surface area contributed by atoms with Crippen molar-refractivity contribution in [3.05, 3.63) is 88.7 Å². The highest BCUT2D eigenvalue weighted by Crippen LogP contribution is 2.27. The van der Waals surface area contributed by atoms with Gasteiger partial charge in [-0.3, -0.25) is 9.59 Å². The number of carbonyl (C=O) groups excluding carboxylic acids is 1. The molecule has 6 heteroatoms. The molecule has 32 heavy (non-hydrogen) atoms. The van der Waals surface area contributed by atoms with Crippen LogP contribution in [0.1, 0.15) is 19.4 Å². The van der Waals surface area contributed by atoms with Gasteiger partial charge in [0.2, 0.25) is 5.91 Å². The van der Waals surface area contributed by atoms with Crippen molar-refractivity contribution >= 4 is 22.4 Å². The highest BCUT2D eigenvalue weighted by atomic mass is 16.3. The summed E-state index contributed by atoms with van der Waals surface area (Å²) in [6.45, 7) is 4.28. The van der Waals surface area contributed by atoms with Crippen LogP contribution in [0.5, 0.6) is 5.75 Å². The minimum Gasteiger partial charge on any atom is -0.508 e. The zero-order valence-corrected chi connectivity index (χ0v) is 18.2. The third kappa shape index (κ3) is 4.12. The third-order valence-corrected chi connectivity index (χ3v) is 5.55. The quantitative estimate of drug-likeness (QED) is 0.495. The summed E-state index contributed by atoms with van der Waals surface area (Å²) in [4.78, 5) is 28.0. The van der Waals surface area contributed by atoms with Crippen LogP contribution in [0.2, 0.25) is 0 Å². The van der Waals surface area contributed by atoms with Gasteiger partial charge < -0.3 is 10.0 Å². The molecular weight excluding hydrogens is 402 g/mol. The topological polar surface area (TPSA) is 75.4 Å². The van der Waals surface area contributed by atoms with Gasteiger partial charge in [0, 0.05) is 23.2 Å². The fourth-order valence-electron chi connectivity index (χ4n) is 3.84. The molecule has 6 nitrogen and oxygen atoms in total. The van der Waals surface area contributed by atoms with Crippen LogP contribution in [0.25, 0.3) is 22.0 Å². The number of phenolic OH excluding ortho intramolecular Hbond substituents is 1. The molecule has 0 unspecified atom stereocenters. The SMILES string of the molecule is CCc1ccc(N(CC)C(=O)Cn2nc(-c3cccc(O)c3)c3ccccc3c2=O)cc1. The Morgan fingerprint density at radius 2 is 1.69 bits per heavy atom. The number of aryl methyl sites for hydroxylation is 1. The molecule has 4 rings (SSSR count). The molecule has 1 N–H and O–H groups in total. The molecule has 1 amide bonds. The fraction of sp³-hybridized carbons (Fsp3) is 0.192. The number of aromatic nitrogens is 2. The van der Waals surface area contributed by atoms with Crippen LogP contribution in [0.3, 0.4) is 0 Å². The van der Waals surface area contributed by atoms with Gasteiger partial charge >= 0.3 is 0 Å². The lowest BCUT2D eigenvalue weighted by molar-refractivity contribution is -0.119. The summed E-state index contributed by atoms with van der Waals surface area (Å²) in [6.07, 6.45) is 0.925. The van der Waals surface area contributed by atoms with Crippen LogP contribution < -0.4 is 10.5 Å². The average Bonchev–Trinajstić information content (AvgIpc) is 2.82. The van der Waals surface area contributed by atoms with E-state index in [9.17, 15) is 14.7 Å². The van der Waals surface area contributed by atoms with Crippen LogP contribution in [0, 0.1) is 0 Å². The number of aromatic hydroxyl groups is 1. The molecule has 0 saturated carbocycles. The van der Waals surface area contributed by atoms with E-state index in [2.05, 4.69) is 12.0 Å². The molecule has 0 aliphatic carbocycles. The molecule has 0 aliphatic rings. The van der Waals surface area contributed by atoms with Gasteiger partial charge in [-0.1, -0.05) is 49.4 Å². The Balaban J connectivity index is 1.76. The Morgan fingerprint density at radius 3 is 2.34 bits per heavy atom. The van der Waals surface area contributed by atoms with E-state index >= 15 is 0 Å². The average molecular weight is 428 g/mol. The Labute approximate surface area is 186 Å². The molecule has 0 bridgehead atoms. The fourth-order valence-corrected chi connectivity index (χ4v) is 3.84. The first kappa shape index (κ1) is 21.3. The minimum atomic E-state index is -0.324. The predicted octanol–water partition coefficient (Wildman–Crippen LogP) is 4.38. The zero-order chi connectivity index (χ0) is 22.7. The first-order valence-electron chi connectivity index (χ1n) is 10.7. The molecule has 0 spiro atoms. The van der Waals surface area contributed by atoms with E-state index in [4.69, 9.17) is 0 Å². The van der Waals surface area contributed by atoms with Crippen LogP contribution in [-0.4, -0.2) is 27.3 Å². The highest BCUT2D eigenvalue weighted by molar-refractivity contribution is 5.95. The van der Waals surface area contributed by atoms with Gasteiger partial charge in [-0.2, -0.15) is 5.10 Å². The largest absolute Gasteiger partial charge is 0.508 e. The van der Waals surface area contributed by atoms with Crippen molar-refractivity contribution in [2.45, 2.75) is 26.8 Å². The second kappa shape index (κ2) is 9.06. The summed E-state index contributed by atoms with van der Waals surface area (Å²) in [5, 5.41) is 15.6. The van der Waals surface area contributed by atoms with Crippen molar-refractivity contribution in [3.63, 3.8) is 0 Å². The molecule has 162 valence electrons. The first-order chi connectivity index (χ1) is 15.5. The summed E-state index contributed by atoms with van der Waals surface area (Å²) in [6, 6.07) is 21.8. The molecule has 0 atom stereocenters. The van der Waals surface area contributed by atoms with Crippen LogP contribution in [0.15, 0.2) is 77.6 Å². The van der Waals surface area contributed by atoms with E-state index in [1.165, 1.54) is 10.2 Å². The number of rotatable bonds is 6. The van der Waals surface area contributed by atoms with Crippen molar-refractivity contribution in [1.82, 2.24) is 9.78 Å². The number of fused-ring (bicyclic) bond motifs is 1. The lowest BCUT2D eigenvalue weighted by Crippen LogP contribution is -2.37. The van der Waals surface area contributed by atoms with Gasteiger partial charge in [0.25, 0.3) is 5.56 Å². The number of hydrogen-bond acceptors (Lipinski definition) is 4. The van der Waals surface area contributed by atoms with Crippen molar-refractivity contribution in [1.29, 1.82) is 0 Å². The smallest absolute Gasteiger partial charge is 0.275 e. The Bertz CT molecular complexity index is 1330. The van der Waals surface area contributed by atoms with Gasteiger partial charge in [0.05, 0.1) is 11.1 Å². The molecular formula is C26H25N3O3. The highest BCUT2D eigenvalue weighted by Gasteiger charge is 2.18. The van der Waals surface area contributed by atoms with Crippen molar-refractivity contribution < 1.29 is 9.90 Å². The molecule has 0 saturated heterocycles. The number of carbonyl (C=O) groups is 1. The Kier molecular flexibility index (Phi) is 6.03. The molecule has 3 aromatic carbocycles. The van der Waals surface area contributed by atoms with Crippen molar-refractivity contribution in [2.75, 3.05) is 11.4 Å². The summed E-state index contributed by atoms with van der Waals surface area (Å²) >= 11 is 0. The predicted molar refractivity (Wildman–Crippen MR) is 127 cm³/mol. The van der Waals surface area contributed by atoms with E-state index in [1.54, 1.807) is 35.2 Å². The molecule has 0 radical (unpaired) electrons. The number of amides is 1. The van der Waals surface area contributed by atoms with E-state index in [1.807, 2.05) is 49.4 Å². The standard InChI is InChI=1S/C26H25N3O3/c1-3-18-12-14-20(15-13-18)28(4-2)24(31)17-29-26(32)23-11-6-5-10-22(23)25(27-29)19-8-7-9-21(30)16-19/h5-16,30H,3-4,17H2,1-2H3. The molecule has 0 aliphatic heterocycles. The van der Waals surface area contributed by atoms with Crippen molar-refractivity contribution in [3.8, 4) is 17.0 Å². The van der Waals surface area contributed by atoms with Crippen LogP contribution in [-0.2, 0) is 17.8 Å². The maximum atomic E-state index is 13.2. The summed E-state index contributed by atoms with van der Waals surface area (Å²) in [5.41, 5.74) is 2.87. The van der Waals surface area contributed by atoms with Crippen molar-refractivity contribution in [2.24, 2.45) is 0 Å². The van der Waals surface area contributed by atoms with Crippen LogP contribution >= 0.6 is 0 Å². The normalized spacial score (nSPS) is 10.9. The Morgan fingerprint density at radius 1 is 0.969 bits per heavy atom. The number of hydrogen-bond donors (Lipinski definition) is 1.